The van der Waals surface area contributed by atoms with Gasteiger partial charge in [-0.15, -0.1) is 0 Å². The minimum Gasteiger partial charge on any atom is -0.643 e. The van der Waals surface area contributed by atoms with Crippen LogP contribution in [0, 0.1) is 0 Å². The van der Waals surface area contributed by atoms with E-state index in [1.807, 2.05) is 0 Å². The summed E-state index contributed by atoms with van der Waals surface area (Å²) in [4.78, 5) is 24.9. The Bertz CT molecular complexity index is 425. The number of hydrogen-bond donors (Lipinski definition) is 1. The van der Waals surface area contributed by atoms with E-state index < -0.39 is 12.5 Å². The van der Waals surface area contributed by atoms with Gasteiger partial charge in [0.15, 0.2) is 0 Å². The third kappa shape index (κ3) is 27.7. The molecule has 0 rings (SSSR count). The van der Waals surface area contributed by atoms with Gasteiger partial charge >= 0.3 is 17.1 Å². The fourth-order valence-electron chi connectivity index (χ4n) is 4.31. The quantitative estimate of drug-likeness (QED) is 0.0904. The van der Waals surface area contributed by atoms with Crippen molar-refractivity contribution in [2.75, 3.05) is 26.2 Å². The number of nitrogens with zero attached hydrogens (tertiary/aromatic N) is 2. The van der Waals surface area contributed by atoms with Crippen molar-refractivity contribution in [2.45, 2.75) is 142 Å². The van der Waals surface area contributed by atoms with Crippen molar-refractivity contribution < 1.29 is 31.8 Å². The molecular formula is C28H55CuN2O3. The number of amides is 1. The Kier molecular flexibility index (Phi) is 30.0. The Morgan fingerprint density at radius 1 is 0.588 bits per heavy atom. The van der Waals surface area contributed by atoms with Gasteiger partial charge in [0.05, 0.1) is 5.91 Å². The number of carbonyl (C=O) groups excluding carboxylic acids is 1. The molecule has 0 aromatic carbocycles. The van der Waals surface area contributed by atoms with E-state index in [1.165, 1.54) is 116 Å². The van der Waals surface area contributed by atoms with E-state index in [0.717, 1.165) is 25.9 Å². The molecule has 1 N–H and O–H groups in total. The first-order valence-electron chi connectivity index (χ1n) is 14.2. The maximum atomic E-state index is 12.1. The first-order valence-corrected chi connectivity index (χ1v) is 14.2. The molecule has 0 heterocycles. The van der Waals surface area contributed by atoms with Crippen molar-refractivity contribution in [1.82, 2.24) is 4.90 Å². The van der Waals surface area contributed by atoms with E-state index in [9.17, 15) is 9.59 Å². The topological polar surface area (TPSA) is 71.7 Å². The van der Waals surface area contributed by atoms with Crippen molar-refractivity contribution >= 4 is 11.9 Å². The first-order chi connectivity index (χ1) is 16.1. The van der Waals surface area contributed by atoms with Gasteiger partial charge in [-0.25, -0.2) is 0 Å². The second-order valence-electron chi connectivity index (χ2n) is 9.74. The number of aliphatic carboxylic acids is 1. The SMILES string of the molecule is CCCCCCCCCCCCN(CCCCCCCCCCCC)CC(=O)[N-]CC(=O)O.[Cu+]. The Hall–Kier alpha value is -0.581. The van der Waals surface area contributed by atoms with E-state index >= 15 is 0 Å². The molecule has 0 saturated heterocycles. The van der Waals surface area contributed by atoms with Gasteiger partial charge in [0.1, 0.15) is 0 Å². The summed E-state index contributed by atoms with van der Waals surface area (Å²) < 4.78 is 0. The summed E-state index contributed by atoms with van der Waals surface area (Å²) in [5.41, 5.74) is 0. The molecule has 0 aliphatic carbocycles. The van der Waals surface area contributed by atoms with Crippen LogP contribution in [-0.4, -0.2) is 48.1 Å². The van der Waals surface area contributed by atoms with Gasteiger partial charge in [-0.1, -0.05) is 129 Å². The molecule has 0 atom stereocenters. The van der Waals surface area contributed by atoms with Crippen LogP contribution in [0.4, 0.5) is 0 Å². The van der Waals surface area contributed by atoms with Crippen molar-refractivity contribution in [2.24, 2.45) is 0 Å². The van der Waals surface area contributed by atoms with E-state index in [2.05, 4.69) is 24.1 Å². The smallest absolute Gasteiger partial charge is 0.643 e. The molecule has 0 aromatic rings. The van der Waals surface area contributed by atoms with Crippen molar-refractivity contribution in [1.29, 1.82) is 0 Å². The number of carbonyl (C=O) groups is 2. The molecule has 0 fully saturated rings. The standard InChI is InChI=1S/C28H56N2O3.Cu/c1-3-5-7-9-11-13-15-17-19-21-23-30(26-27(31)29-25-28(32)33)24-22-20-18-16-14-12-10-8-6-4-2;/h3-26H2,1-2H3,(H2,29,31,32,33);/q;+1/p-1. The summed E-state index contributed by atoms with van der Waals surface area (Å²) in [5.74, 6) is -1.34. The molecule has 34 heavy (non-hydrogen) atoms. The van der Waals surface area contributed by atoms with Crippen LogP contribution < -0.4 is 0 Å². The molecule has 6 heteroatoms. The zero-order valence-corrected chi connectivity index (χ0v) is 23.4. The largest absolute Gasteiger partial charge is 1.00 e. The minimum absolute atomic E-state index is 0. The minimum atomic E-state index is -1.04. The third-order valence-electron chi connectivity index (χ3n) is 6.41. The number of carboxylic acid groups (broad SMARTS) is 1. The van der Waals surface area contributed by atoms with Gasteiger partial charge in [0, 0.05) is 6.54 Å². The van der Waals surface area contributed by atoms with E-state index in [1.54, 1.807) is 0 Å². The van der Waals surface area contributed by atoms with Crippen LogP contribution in [0.25, 0.3) is 5.32 Å². The maximum Gasteiger partial charge on any atom is 1.00 e. The van der Waals surface area contributed by atoms with Gasteiger partial charge in [-0.3, -0.25) is 9.69 Å². The molecule has 5 nitrogen and oxygen atoms in total. The molecule has 0 saturated carbocycles. The second kappa shape index (κ2) is 28.7. The van der Waals surface area contributed by atoms with E-state index in [4.69, 9.17) is 5.11 Å². The molecular weight excluding hydrogens is 476 g/mol. The Morgan fingerprint density at radius 3 is 1.24 bits per heavy atom. The second-order valence-corrected chi connectivity index (χ2v) is 9.74. The summed E-state index contributed by atoms with van der Waals surface area (Å²) in [7, 11) is 0. The van der Waals surface area contributed by atoms with Crippen LogP contribution in [-0.2, 0) is 26.7 Å². The van der Waals surface area contributed by atoms with Crippen molar-refractivity contribution in [3.63, 3.8) is 0 Å². The molecule has 0 bridgehead atoms. The van der Waals surface area contributed by atoms with Gasteiger partial charge in [-0.05, 0) is 32.5 Å². The van der Waals surface area contributed by atoms with Crippen molar-refractivity contribution in [3.8, 4) is 0 Å². The fraction of sp³-hybridized carbons (Fsp3) is 0.929. The van der Waals surface area contributed by atoms with Gasteiger partial charge < -0.3 is 15.2 Å². The maximum absolute atomic E-state index is 12.1. The van der Waals surface area contributed by atoms with Crippen LogP contribution >= 0.6 is 0 Å². The zero-order valence-electron chi connectivity index (χ0n) is 22.4. The predicted molar refractivity (Wildman–Crippen MR) is 141 cm³/mol. The first kappa shape index (κ1) is 35.6. The normalized spacial score (nSPS) is 10.9. The van der Waals surface area contributed by atoms with E-state index in [-0.39, 0.29) is 29.5 Å². The van der Waals surface area contributed by atoms with Gasteiger partial charge in [-0.2, -0.15) is 0 Å². The monoisotopic (exact) mass is 530 g/mol. The van der Waals surface area contributed by atoms with Gasteiger partial charge in [0.25, 0.3) is 5.97 Å². The van der Waals surface area contributed by atoms with Crippen molar-refractivity contribution in [3.05, 3.63) is 5.32 Å². The molecule has 1 amide bonds. The van der Waals surface area contributed by atoms with Crippen LogP contribution in [0.3, 0.4) is 0 Å². The zero-order chi connectivity index (χ0) is 24.4. The Balaban J connectivity index is 0. The number of hydrogen-bond acceptors (Lipinski definition) is 3. The molecule has 0 aliphatic heterocycles. The summed E-state index contributed by atoms with van der Waals surface area (Å²) in [5, 5.41) is 12.4. The summed E-state index contributed by atoms with van der Waals surface area (Å²) in [6.07, 6.45) is 26.1. The summed E-state index contributed by atoms with van der Waals surface area (Å²) >= 11 is 0. The fourth-order valence-corrected chi connectivity index (χ4v) is 4.31. The van der Waals surface area contributed by atoms with E-state index in [0.29, 0.717) is 0 Å². The number of unbranched alkanes of at least 4 members (excludes halogenated alkanes) is 18. The third-order valence-corrected chi connectivity index (χ3v) is 6.41. The molecule has 0 unspecified atom stereocenters. The average Bonchev–Trinajstić information content (AvgIpc) is 2.79. The molecule has 0 aliphatic rings. The molecule has 0 spiro atoms. The number of carboxylic acids is 1. The molecule has 0 radical (unpaired) electrons. The average molecular weight is 531 g/mol. The van der Waals surface area contributed by atoms with Gasteiger partial charge in [0.2, 0.25) is 0 Å². The molecule has 0 aromatic heterocycles. The predicted octanol–water partition coefficient (Wildman–Crippen LogP) is 8.11. The Labute approximate surface area is 222 Å². The molecule has 206 valence electrons. The van der Waals surface area contributed by atoms with Crippen LogP contribution in [0.1, 0.15) is 142 Å². The van der Waals surface area contributed by atoms with Crippen LogP contribution in [0.15, 0.2) is 0 Å². The Morgan fingerprint density at radius 2 is 0.912 bits per heavy atom. The summed E-state index contributed by atoms with van der Waals surface area (Å²) in [6, 6.07) is 0. The number of rotatable bonds is 26. The summed E-state index contributed by atoms with van der Waals surface area (Å²) in [6.45, 7) is 6.21. The van der Waals surface area contributed by atoms with Crippen LogP contribution in [0.5, 0.6) is 0 Å². The van der Waals surface area contributed by atoms with Crippen LogP contribution in [0.2, 0.25) is 0 Å².